The molecule has 2 fully saturated rings. The van der Waals surface area contributed by atoms with Gasteiger partial charge in [0.05, 0.1) is 12.2 Å². The zero-order valence-electron chi connectivity index (χ0n) is 11.4. The van der Waals surface area contributed by atoms with Gasteiger partial charge in [0.2, 0.25) is 0 Å². The van der Waals surface area contributed by atoms with Crippen LogP contribution in [-0.2, 0) is 0 Å². The van der Waals surface area contributed by atoms with Crippen LogP contribution in [0.25, 0.3) is 0 Å². The molecule has 6 nitrogen and oxygen atoms in total. The lowest BCUT2D eigenvalue weighted by atomic mass is 10.1. The maximum absolute atomic E-state index is 4.73. The number of hydrogen-bond acceptors (Lipinski definition) is 5. The molecule has 0 atom stereocenters. The van der Waals surface area contributed by atoms with Gasteiger partial charge in [0, 0.05) is 31.4 Å². The van der Waals surface area contributed by atoms with Gasteiger partial charge in [0.25, 0.3) is 0 Å². The predicted octanol–water partition coefficient (Wildman–Crippen LogP) is 1.79. The van der Waals surface area contributed by atoms with Crippen molar-refractivity contribution in [3.63, 3.8) is 0 Å². The summed E-state index contributed by atoms with van der Waals surface area (Å²) < 4.78 is 1.98. The minimum Gasteiger partial charge on any atom is -0.356 e. The molecule has 0 spiro atoms. The second-order valence-corrected chi connectivity index (χ2v) is 5.65. The molecule has 1 aliphatic heterocycles. The van der Waals surface area contributed by atoms with Gasteiger partial charge in [-0.3, -0.25) is 0 Å². The van der Waals surface area contributed by atoms with Crippen molar-refractivity contribution in [1.82, 2.24) is 25.0 Å². The zero-order chi connectivity index (χ0) is 13.4. The van der Waals surface area contributed by atoms with Gasteiger partial charge in [-0.15, -0.1) is 5.10 Å². The van der Waals surface area contributed by atoms with E-state index in [2.05, 4.69) is 20.2 Å². The highest BCUT2D eigenvalue weighted by Gasteiger charge is 2.28. The average molecular weight is 270 g/mol. The summed E-state index contributed by atoms with van der Waals surface area (Å²) in [5, 5.41) is 8.00. The third kappa shape index (κ3) is 2.26. The lowest BCUT2D eigenvalue weighted by Gasteiger charge is -2.32. The van der Waals surface area contributed by atoms with E-state index in [1.54, 1.807) is 6.20 Å². The molecule has 2 aliphatic rings. The smallest absolute Gasteiger partial charge is 0.133 e. The molecule has 4 rings (SSSR count). The van der Waals surface area contributed by atoms with Crippen LogP contribution >= 0.6 is 0 Å². The minimum atomic E-state index is 0.471. The van der Waals surface area contributed by atoms with Crippen molar-refractivity contribution >= 4 is 5.82 Å². The van der Waals surface area contributed by atoms with E-state index in [4.69, 9.17) is 4.98 Å². The van der Waals surface area contributed by atoms with Crippen molar-refractivity contribution in [2.45, 2.75) is 37.6 Å². The number of rotatable bonds is 3. The molecule has 1 saturated heterocycles. The summed E-state index contributed by atoms with van der Waals surface area (Å²) in [6.07, 6.45) is 10.3. The second-order valence-electron chi connectivity index (χ2n) is 5.65. The largest absolute Gasteiger partial charge is 0.356 e. The molecule has 0 unspecified atom stereocenters. The van der Waals surface area contributed by atoms with E-state index in [0.717, 1.165) is 37.6 Å². The monoisotopic (exact) mass is 270 g/mol. The number of piperidine rings is 1. The lowest BCUT2D eigenvalue weighted by molar-refractivity contribution is 0.359. The quantitative estimate of drug-likeness (QED) is 0.851. The SMILES string of the molecule is c1cn(C2CCN(c3ccnc(C4CC4)n3)CC2)nn1. The van der Waals surface area contributed by atoms with Crippen LogP contribution in [0.2, 0.25) is 0 Å². The number of nitrogens with zero attached hydrogens (tertiary/aromatic N) is 6. The molecule has 3 heterocycles. The fourth-order valence-corrected chi connectivity index (χ4v) is 2.85. The van der Waals surface area contributed by atoms with Gasteiger partial charge in [0.15, 0.2) is 0 Å². The first kappa shape index (κ1) is 11.8. The molecule has 0 bridgehead atoms. The van der Waals surface area contributed by atoms with Crippen LogP contribution in [0.5, 0.6) is 0 Å². The standard InChI is InChI=1S/C14H18N6/c1-2-11(1)14-15-6-3-13(17-14)19-8-4-12(5-9-19)20-10-7-16-18-20/h3,6-7,10-12H,1-2,4-5,8-9H2. The normalized spacial score (nSPS) is 20.3. The lowest BCUT2D eigenvalue weighted by Crippen LogP contribution is -2.35. The fraction of sp³-hybridized carbons (Fsp3) is 0.571. The van der Waals surface area contributed by atoms with Gasteiger partial charge >= 0.3 is 0 Å². The molecule has 2 aromatic heterocycles. The maximum atomic E-state index is 4.73. The van der Waals surface area contributed by atoms with E-state index < -0.39 is 0 Å². The van der Waals surface area contributed by atoms with Crippen LogP contribution in [0.4, 0.5) is 5.82 Å². The molecule has 0 aromatic carbocycles. The van der Waals surface area contributed by atoms with E-state index in [-0.39, 0.29) is 0 Å². The van der Waals surface area contributed by atoms with Gasteiger partial charge in [-0.1, -0.05) is 5.21 Å². The van der Waals surface area contributed by atoms with Gasteiger partial charge in [-0.05, 0) is 31.7 Å². The predicted molar refractivity (Wildman–Crippen MR) is 74.5 cm³/mol. The Balaban J connectivity index is 1.44. The molecule has 0 N–H and O–H groups in total. The molecule has 2 aromatic rings. The summed E-state index contributed by atoms with van der Waals surface area (Å²) in [6, 6.07) is 2.50. The highest BCUT2D eigenvalue weighted by atomic mass is 15.4. The molecular formula is C14H18N6. The summed E-state index contributed by atoms with van der Waals surface area (Å²) in [5.41, 5.74) is 0. The molecule has 1 aliphatic carbocycles. The second kappa shape index (κ2) is 4.85. The van der Waals surface area contributed by atoms with Crippen LogP contribution < -0.4 is 4.90 Å². The van der Waals surface area contributed by atoms with Gasteiger partial charge in [-0.25, -0.2) is 14.6 Å². The molecule has 6 heteroatoms. The number of aromatic nitrogens is 5. The van der Waals surface area contributed by atoms with Crippen molar-refractivity contribution in [1.29, 1.82) is 0 Å². The van der Waals surface area contributed by atoms with Crippen LogP contribution in [0.15, 0.2) is 24.7 Å². The Bertz CT molecular complexity index is 569. The van der Waals surface area contributed by atoms with E-state index in [9.17, 15) is 0 Å². The zero-order valence-corrected chi connectivity index (χ0v) is 11.4. The van der Waals surface area contributed by atoms with E-state index in [1.165, 1.54) is 12.8 Å². The van der Waals surface area contributed by atoms with Crippen LogP contribution in [0.3, 0.4) is 0 Å². The van der Waals surface area contributed by atoms with Crippen molar-refractivity contribution in [2.75, 3.05) is 18.0 Å². The highest BCUT2D eigenvalue weighted by molar-refractivity contribution is 5.38. The summed E-state index contributed by atoms with van der Waals surface area (Å²) in [7, 11) is 0. The summed E-state index contributed by atoms with van der Waals surface area (Å²) in [6.45, 7) is 2.04. The van der Waals surface area contributed by atoms with Gasteiger partial charge < -0.3 is 4.90 Å². The fourth-order valence-electron chi connectivity index (χ4n) is 2.85. The Morgan fingerprint density at radius 2 is 1.90 bits per heavy atom. The molecule has 20 heavy (non-hydrogen) atoms. The van der Waals surface area contributed by atoms with Crippen molar-refractivity contribution in [3.8, 4) is 0 Å². The van der Waals surface area contributed by atoms with E-state index in [0.29, 0.717) is 12.0 Å². The summed E-state index contributed by atoms with van der Waals surface area (Å²) >= 11 is 0. The number of anilines is 1. The molecule has 0 radical (unpaired) electrons. The maximum Gasteiger partial charge on any atom is 0.133 e. The summed E-state index contributed by atoms with van der Waals surface area (Å²) in [4.78, 5) is 11.5. The first-order valence-electron chi connectivity index (χ1n) is 7.34. The van der Waals surface area contributed by atoms with Gasteiger partial charge in [-0.2, -0.15) is 0 Å². The Morgan fingerprint density at radius 3 is 2.60 bits per heavy atom. The Labute approximate surface area is 117 Å². The minimum absolute atomic E-state index is 0.471. The van der Waals surface area contributed by atoms with Gasteiger partial charge in [0.1, 0.15) is 11.6 Å². The van der Waals surface area contributed by atoms with Crippen molar-refractivity contribution < 1.29 is 0 Å². The third-order valence-electron chi connectivity index (χ3n) is 4.21. The first-order chi connectivity index (χ1) is 9.90. The Morgan fingerprint density at radius 1 is 1.05 bits per heavy atom. The molecule has 104 valence electrons. The average Bonchev–Trinajstić information content (AvgIpc) is 3.23. The molecule has 0 amide bonds. The molecular weight excluding hydrogens is 252 g/mol. The number of hydrogen-bond donors (Lipinski definition) is 0. The summed E-state index contributed by atoms with van der Waals surface area (Å²) in [5.74, 6) is 2.72. The topological polar surface area (TPSA) is 59.7 Å². The van der Waals surface area contributed by atoms with Crippen molar-refractivity contribution in [3.05, 3.63) is 30.5 Å². The first-order valence-corrected chi connectivity index (χ1v) is 7.34. The van der Waals surface area contributed by atoms with Crippen LogP contribution in [0, 0.1) is 0 Å². The van der Waals surface area contributed by atoms with Crippen LogP contribution in [-0.4, -0.2) is 38.1 Å². The third-order valence-corrected chi connectivity index (χ3v) is 4.21. The Kier molecular flexibility index (Phi) is 2.86. The van der Waals surface area contributed by atoms with E-state index in [1.807, 2.05) is 23.1 Å². The van der Waals surface area contributed by atoms with Crippen LogP contribution in [0.1, 0.15) is 43.5 Å². The molecule has 1 saturated carbocycles. The van der Waals surface area contributed by atoms with E-state index >= 15 is 0 Å². The Hall–Kier alpha value is -1.98. The highest BCUT2D eigenvalue weighted by Crippen LogP contribution is 2.38. The van der Waals surface area contributed by atoms with Crippen molar-refractivity contribution in [2.24, 2.45) is 0 Å².